The second-order valence-electron chi connectivity index (χ2n) is 3.80. The standard InChI is InChI=1S/C14H18O4/c1-2-17-13(15)9-6-10-14(16)18-11-12-7-4-3-5-8-12/h3-5,7-8H,2,6,9-11H2,1H3. The molecule has 0 aliphatic rings. The summed E-state index contributed by atoms with van der Waals surface area (Å²) in [4.78, 5) is 22.4. The van der Waals surface area contributed by atoms with Gasteiger partial charge in [-0.2, -0.15) is 0 Å². The molecule has 0 unspecified atom stereocenters. The average molecular weight is 250 g/mol. The van der Waals surface area contributed by atoms with Gasteiger partial charge in [0.2, 0.25) is 0 Å². The smallest absolute Gasteiger partial charge is 0.306 e. The summed E-state index contributed by atoms with van der Waals surface area (Å²) in [6.45, 7) is 2.41. The van der Waals surface area contributed by atoms with Crippen LogP contribution in [0, 0.1) is 0 Å². The Morgan fingerprint density at radius 2 is 1.61 bits per heavy atom. The second-order valence-corrected chi connectivity index (χ2v) is 3.80. The minimum Gasteiger partial charge on any atom is -0.466 e. The summed E-state index contributed by atoms with van der Waals surface area (Å²) in [5, 5.41) is 0. The third kappa shape index (κ3) is 6.03. The van der Waals surface area contributed by atoms with Crippen LogP contribution in [0.1, 0.15) is 31.7 Å². The molecule has 0 spiro atoms. The van der Waals surface area contributed by atoms with Crippen LogP contribution in [0.2, 0.25) is 0 Å². The maximum Gasteiger partial charge on any atom is 0.306 e. The van der Waals surface area contributed by atoms with E-state index in [2.05, 4.69) is 0 Å². The van der Waals surface area contributed by atoms with Crippen molar-refractivity contribution in [1.82, 2.24) is 0 Å². The number of benzene rings is 1. The summed E-state index contributed by atoms with van der Waals surface area (Å²) in [7, 11) is 0. The van der Waals surface area contributed by atoms with Gasteiger partial charge in [-0.1, -0.05) is 30.3 Å². The third-order valence-corrected chi connectivity index (χ3v) is 2.31. The molecule has 0 N–H and O–H groups in total. The van der Waals surface area contributed by atoms with E-state index in [1.165, 1.54) is 0 Å². The van der Waals surface area contributed by atoms with Gasteiger partial charge in [0.15, 0.2) is 0 Å². The molecule has 0 atom stereocenters. The number of hydrogen-bond donors (Lipinski definition) is 0. The molecule has 4 nitrogen and oxygen atoms in total. The summed E-state index contributed by atoms with van der Waals surface area (Å²) in [5.74, 6) is -0.559. The molecule has 0 aliphatic heterocycles. The largest absolute Gasteiger partial charge is 0.466 e. The first-order valence-corrected chi connectivity index (χ1v) is 6.07. The van der Waals surface area contributed by atoms with Gasteiger partial charge in [-0.05, 0) is 18.9 Å². The first kappa shape index (κ1) is 14.2. The molecule has 1 aromatic carbocycles. The Balaban J connectivity index is 2.13. The molecular formula is C14H18O4. The predicted molar refractivity (Wildman–Crippen MR) is 66.7 cm³/mol. The van der Waals surface area contributed by atoms with E-state index in [-0.39, 0.29) is 31.4 Å². The SMILES string of the molecule is CCOC(=O)CCCC(=O)OCc1ccccc1. The molecule has 0 aliphatic carbocycles. The molecule has 4 heteroatoms. The predicted octanol–water partition coefficient (Wildman–Crippen LogP) is 2.46. The van der Waals surface area contributed by atoms with Gasteiger partial charge in [0.1, 0.15) is 6.61 Å². The van der Waals surface area contributed by atoms with Gasteiger partial charge in [-0.25, -0.2) is 0 Å². The Morgan fingerprint density at radius 1 is 1.00 bits per heavy atom. The lowest BCUT2D eigenvalue weighted by Gasteiger charge is -2.04. The number of carbonyl (C=O) groups excluding carboxylic acids is 2. The normalized spacial score (nSPS) is 9.83. The van der Waals surface area contributed by atoms with Crippen molar-refractivity contribution >= 4 is 11.9 Å². The molecule has 98 valence electrons. The van der Waals surface area contributed by atoms with E-state index in [1.54, 1.807) is 6.92 Å². The summed E-state index contributed by atoms with van der Waals surface area (Å²) in [6.07, 6.45) is 0.965. The van der Waals surface area contributed by atoms with Crippen LogP contribution in [0.25, 0.3) is 0 Å². The van der Waals surface area contributed by atoms with Crippen LogP contribution in [0.5, 0.6) is 0 Å². The Labute approximate surface area is 107 Å². The molecule has 0 saturated heterocycles. The zero-order valence-corrected chi connectivity index (χ0v) is 10.6. The second kappa shape index (κ2) is 8.28. The van der Waals surface area contributed by atoms with E-state index in [1.807, 2.05) is 30.3 Å². The quantitative estimate of drug-likeness (QED) is 0.697. The van der Waals surface area contributed by atoms with Crippen LogP contribution in [0.15, 0.2) is 30.3 Å². The van der Waals surface area contributed by atoms with E-state index in [4.69, 9.17) is 9.47 Å². The molecule has 0 bridgehead atoms. The Kier molecular flexibility index (Phi) is 6.54. The van der Waals surface area contributed by atoms with E-state index in [9.17, 15) is 9.59 Å². The van der Waals surface area contributed by atoms with Crippen LogP contribution in [0.4, 0.5) is 0 Å². The van der Waals surface area contributed by atoms with E-state index in [0.717, 1.165) is 5.56 Å². The number of carbonyl (C=O) groups is 2. The summed E-state index contributed by atoms with van der Waals surface area (Å²) < 4.78 is 9.84. The monoisotopic (exact) mass is 250 g/mol. The molecule has 0 fully saturated rings. The highest BCUT2D eigenvalue weighted by molar-refractivity contribution is 5.72. The van der Waals surface area contributed by atoms with Crippen molar-refractivity contribution in [3.05, 3.63) is 35.9 Å². The highest BCUT2D eigenvalue weighted by Crippen LogP contribution is 2.04. The van der Waals surface area contributed by atoms with Crippen LogP contribution >= 0.6 is 0 Å². The molecule has 0 amide bonds. The van der Waals surface area contributed by atoms with E-state index >= 15 is 0 Å². The number of hydrogen-bond acceptors (Lipinski definition) is 4. The Bertz CT molecular complexity index is 373. The van der Waals surface area contributed by atoms with Crippen molar-refractivity contribution in [3.8, 4) is 0 Å². The molecule has 1 aromatic rings. The van der Waals surface area contributed by atoms with Gasteiger partial charge in [-0.3, -0.25) is 9.59 Å². The van der Waals surface area contributed by atoms with Crippen molar-refractivity contribution in [2.75, 3.05) is 6.61 Å². The van der Waals surface area contributed by atoms with Gasteiger partial charge in [0.05, 0.1) is 6.61 Å². The number of ether oxygens (including phenoxy) is 2. The lowest BCUT2D eigenvalue weighted by atomic mass is 10.2. The summed E-state index contributed by atoms with van der Waals surface area (Å²) in [6, 6.07) is 9.48. The first-order chi connectivity index (χ1) is 8.72. The zero-order chi connectivity index (χ0) is 13.2. The Morgan fingerprint density at radius 3 is 2.22 bits per heavy atom. The highest BCUT2D eigenvalue weighted by Gasteiger charge is 2.06. The molecule has 1 rings (SSSR count). The van der Waals surface area contributed by atoms with Gasteiger partial charge in [0.25, 0.3) is 0 Å². The van der Waals surface area contributed by atoms with Crippen molar-refractivity contribution in [3.63, 3.8) is 0 Å². The Hall–Kier alpha value is -1.84. The van der Waals surface area contributed by atoms with Gasteiger partial charge in [0, 0.05) is 12.8 Å². The topological polar surface area (TPSA) is 52.6 Å². The lowest BCUT2D eigenvalue weighted by Crippen LogP contribution is -2.07. The molecular weight excluding hydrogens is 232 g/mol. The molecule has 0 aromatic heterocycles. The van der Waals surface area contributed by atoms with Gasteiger partial charge < -0.3 is 9.47 Å². The minimum absolute atomic E-state index is 0.242. The first-order valence-electron chi connectivity index (χ1n) is 6.07. The van der Waals surface area contributed by atoms with Gasteiger partial charge in [-0.15, -0.1) is 0 Å². The van der Waals surface area contributed by atoms with Crippen molar-refractivity contribution < 1.29 is 19.1 Å². The molecule has 0 heterocycles. The number of rotatable bonds is 7. The van der Waals surface area contributed by atoms with Crippen LogP contribution in [-0.2, 0) is 25.7 Å². The van der Waals surface area contributed by atoms with E-state index < -0.39 is 0 Å². The minimum atomic E-state index is -0.289. The molecule has 0 saturated carbocycles. The zero-order valence-electron chi connectivity index (χ0n) is 10.6. The molecule has 0 radical (unpaired) electrons. The van der Waals surface area contributed by atoms with E-state index in [0.29, 0.717) is 13.0 Å². The molecule has 18 heavy (non-hydrogen) atoms. The van der Waals surface area contributed by atoms with Crippen molar-refractivity contribution in [2.45, 2.75) is 32.8 Å². The van der Waals surface area contributed by atoms with Gasteiger partial charge >= 0.3 is 11.9 Å². The summed E-state index contributed by atoms with van der Waals surface area (Å²) >= 11 is 0. The average Bonchev–Trinajstić information content (AvgIpc) is 2.38. The highest BCUT2D eigenvalue weighted by atomic mass is 16.5. The fourth-order valence-corrected chi connectivity index (χ4v) is 1.42. The maximum absolute atomic E-state index is 11.4. The van der Waals surface area contributed by atoms with Crippen LogP contribution in [-0.4, -0.2) is 18.5 Å². The lowest BCUT2D eigenvalue weighted by molar-refractivity contribution is -0.146. The number of esters is 2. The van der Waals surface area contributed by atoms with Crippen molar-refractivity contribution in [1.29, 1.82) is 0 Å². The third-order valence-electron chi connectivity index (χ3n) is 2.31. The van der Waals surface area contributed by atoms with Crippen molar-refractivity contribution in [2.24, 2.45) is 0 Å². The van der Waals surface area contributed by atoms with Crippen LogP contribution in [0.3, 0.4) is 0 Å². The fraction of sp³-hybridized carbons (Fsp3) is 0.429. The fourth-order valence-electron chi connectivity index (χ4n) is 1.42. The van der Waals surface area contributed by atoms with Crippen LogP contribution < -0.4 is 0 Å². The maximum atomic E-state index is 11.4. The summed E-state index contributed by atoms with van der Waals surface area (Å²) in [5.41, 5.74) is 0.955.